The summed E-state index contributed by atoms with van der Waals surface area (Å²) >= 11 is 0. The molecule has 2 aliphatic rings. The van der Waals surface area contributed by atoms with Crippen molar-refractivity contribution in [2.45, 2.75) is 52.7 Å². The van der Waals surface area contributed by atoms with Crippen LogP contribution in [0.3, 0.4) is 0 Å². The minimum absolute atomic E-state index is 0.0819. The average molecular weight is 380 g/mol. The molecule has 1 saturated heterocycles. The van der Waals surface area contributed by atoms with Gasteiger partial charge in [0.05, 0.1) is 18.3 Å². The second kappa shape index (κ2) is 6.93. The maximum Gasteiger partial charge on any atom is 0.209 e. The summed E-state index contributed by atoms with van der Waals surface area (Å²) in [7, 11) is 0. The number of hydrogen-bond acceptors (Lipinski definition) is 4. The Morgan fingerprint density at radius 2 is 1.79 bits per heavy atom. The van der Waals surface area contributed by atoms with E-state index >= 15 is 0 Å². The van der Waals surface area contributed by atoms with Crippen molar-refractivity contribution in [1.29, 1.82) is 0 Å². The Hall–Kier alpha value is -2.33. The molecule has 2 aromatic carbocycles. The highest BCUT2D eigenvalue weighted by molar-refractivity contribution is 6.09. The van der Waals surface area contributed by atoms with Gasteiger partial charge in [-0.2, -0.15) is 0 Å². The summed E-state index contributed by atoms with van der Waals surface area (Å²) in [6.45, 7) is 12.3. The zero-order chi connectivity index (χ0) is 20.1. The molecular formula is C24H29NO3. The molecular weight excluding hydrogens is 350 g/mol. The van der Waals surface area contributed by atoms with Gasteiger partial charge in [-0.15, -0.1) is 0 Å². The van der Waals surface area contributed by atoms with E-state index in [1.807, 2.05) is 19.9 Å². The quantitative estimate of drug-likeness (QED) is 0.792. The van der Waals surface area contributed by atoms with Gasteiger partial charge in [-0.3, -0.25) is 4.79 Å². The lowest BCUT2D eigenvalue weighted by atomic mass is 9.90. The second-order valence-corrected chi connectivity index (χ2v) is 8.50. The summed E-state index contributed by atoms with van der Waals surface area (Å²) in [4.78, 5) is 15.4. The first-order valence-corrected chi connectivity index (χ1v) is 10.1. The standard InChI is InChI=1S/C24H29NO3/c1-15-16(2)22-20(23(26)24(4,5)28-22)17(3)21(15)25-11-12-27-19(14-25)13-18-9-7-6-8-10-18/h6-10,19H,11-14H2,1-5H3. The van der Waals surface area contributed by atoms with E-state index in [4.69, 9.17) is 9.47 Å². The zero-order valence-electron chi connectivity index (χ0n) is 17.5. The van der Waals surface area contributed by atoms with Gasteiger partial charge >= 0.3 is 0 Å². The number of nitrogens with zero attached hydrogens (tertiary/aromatic N) is 1. The molecule has 0 bridgehead atoms. The molecule has 1 fully saturated rings. The third kappa shape index (κ3) is 3.10. The number of ketones is 1. The second-order valence-electron chi connectivity index (χ2n) is 8.50. The fourth-order valence-corrected chi connectivity index (χ4v) is 4.51. The molecule has 2 aromatic rings. The van der Waals surface area contributed by atoms with E-state index in [9.17, 15) is 4.79 Å². The third-order valence-corrected chi connectivity index (χ3v) is 6.11. The average Bonchev–Trinajstić information content (AvgIpc) is 2.91. The number of fused-ring (bicyclic) bond motifs is 1. The van der Waals surface area contributed by atoms with Crippen molar-refractivity contribution in [3.05, 3.63) is 58.1 Å². The molecule has 4 nitrogen and oxygen atoms in total. The van der Waals surface area contributed by atoms with Crippen molar-refractivity contribution in [2.75, 3.05) is 24.6 Å². The van der Waals surface area contributed by atoms with E-state index in [1.165, 1.54) is 16.8 Å². The maximum atomic E-state index is 13.0. The van der Waals surface area contributed by atoms with Gasteiger partial charge < -0.3 is 14.4 Å². The topological polar surface area (TPSA) is 38.8 Å². The highest BCUT2D eigenvalue weighted by atomic mass is 16.5. The van der Waals surface area contributed by atoms with E-state index in [-0.39, 0.29) is 11.9 Å². The van der Waals surface area contributed by atoms with E-state index < -0.39 is 5.60 Å². The molecule has 4 heteroatoms. The number of carbonyl (C=O) groups excluding carboxylic acids is 1. The lowest BCUT2D eigenvalue weighted by molar-refractivity contribution is 0.0410. The number of rotatable bonds is 3. The zero-order valence-corrected chi connectivity index (χ0v) is 17.5. The van der Waals surface area contributed by atoms with Gasteiger partial charge in [0.25, 0.3) is 0 Å². The SMILES string of the molecule is Cc1c(C)c(N2CCOC(Cc3ccccc3)C2)c(C)c2c1OC(C)(C)C2=O. The molecule has 0 spiro atoms. The summed E-state index contributed by atoms with van der Waals surface area (Å²) in [6.07, 6.45) is 1.04. The Bertz CT molecular complexity index is 917. The monoisotopic (exact) mass is 379 g/mol. The van der Waals surface area contributed by atoms with Gasteiger partial charge in [0.15, 0.2) is 5.60 Å². The fourth-order valence-electron chi connectivity index (χ4n) is 4.51. The first kappa shape index (κ1) is 19.0. The Balaban J connectivity index is 1.67. The van der Waals surface area contributed by atoms with Crippen LogP contribution in [0.2, 0.25) is 0 Å². The molecule has 0 aromatic heterocycles. The summed E-state index contributed by atoms with van der Waals surface area (Å²) < 4.78 is 12.1. The van der Waals surface area contributed by atoms with Crippen molar-refractivity contribution in [2.24, 2.45) is 0 Å². The van der Waals surface area contributed by atoms with Crippen LogP contribution in [-0.4, -0.2) is 37.2 Å². The lowest BCUT2D eigenvalue weighted by Crippen LogP contribution is -2.44. The van der Waals surface area contributed by atoms with Crippen LogP contribution in [0, 0.1) is 20.8 Å². The van der Waals surface area contributed by atoms with Crippen LogP contribution in [0.4, 0.5) is 5.69 Å². The lowest BCUT2D eigenvalue weighted by Gasteiger charge is -2.37. The highest BCUT2D eigenvalue weighted by Gasteiger charge is 2.43. The van der Waals surface area contributed by atoms with Gasteiger partial charge in [0.1, 0.15) is 5.75 Å². The molecule has 28 heavy (non-hydrogen) atoms. The number of hydrogen-bond donors (Lipinski definition) is 0. The number of Topliss-reactive ketones (excluding diaryl/α,β-unsaturated/α-hetero) is 1. The summed E-state index contributed by atoms with van der Waals surface area (Å²) in [6, 6.07) is 10.5. The molecule has 0 saturated carbocycles. The van der Waals surface area contributed by atoms with Crippen LogP contribution in [0.1, 0.15) is 46.5 Å². The minimum Gasteiger partial charge on any atom is -0.479 e. The predicted molar refractivity (Wildman–Crippen MR) is 112 cm³/mol. The third-order valence-electron chi connectivity index (χ3n) is 6.11. The smallest absolute Gasteiger partial charge is 0.209 e. The summed E-state index contributed by atoms with van der Waals surface area (Å²) in [5, 5.41) is 0. The van der Waals surface area contributed by atoms with Crippen LogP contribution < -0.4 is 9.64 Å². The van der Waals surface area contributed by atoms with E-state index in [1.54, 1.807) is 0 Å². The van der Waals surface area contributed by atoms with Gasteiger partial charge in [-0.25, -0.2) is 0 Å². The number of morpholine rings is 1. The number of carbonyl (C=O) groups is 1. The molecule has 148 valence electrons. The van der Waals surface area contributed by atoms with E-state index in [0.717, 1.165) is 42.0 Å². The molecule has 2 aliphatic heterocycles. The number of benzene rings is 2. The molecule has 1 unspecified atom stereocenters. The molecule has 1 atom stereocenters. The Morgan fingerprint density at radius 3 is 2.50 bits per heavy atom. The van der Waals surface area contributed by atoms with Crippen molar-refractivity contribution in [3.63, 3.8) is 0 Å². The van der Waals surface area contributed by atoms with Crippen molar-refractivity contribution < 1.29 is 14.3 Å². The van der Waals surface area contributed by atoms with E-state index in [0.29, 0.717) is 6.61 Å². The van der Waals surface area contributed by atoms with Crippen LogP contribution in [-0.2, 0) is 11.2 Å². The molecule has 2 heterocycles. The predicted octanol–water partition coefficient (Wildman–Crippen LogP) is 4.41. The largest absolute Gasteiger partial charge is 0.479 e. The van der Waals surface area contributed by atoms with Crippen LogP contribution in [0.25, 0.3) is 0 Å². The van der Waals surface area contributed by atoms with Crippen molar-refractivity contribution in [1.82, 2.24) is 0 Å². The minimum atomic E-state index is -0.788. The number of ether oxygens (including phenoxy) is 2. The maximum absolute atomic E-state index is 13.0. The Morgan fingerprint density at radius 1 is 1.07 bits per heavy atom. The normalized spacial score (nSPS) is 20.8. The number of anilines is 1. The summed E-state index contributed by atoms with van der Waals surface area (Å²) in [5.41, 5.74) is 5.74. The van der Waals surface area contributed by atoms with Crippen LogP contribution in [0.15, 0.2) is 30.3 Å². The molecule has 0 aliphatic carbocycles. The van der Waals surface area contributed by atoms with Gasteiger partial charge in [-0.05, 0) is 56.9 Å². The summed E-state index contributed by atoms with van der Waals surface area (Å²) in [5.74, 6) is 0.848. The van der Waals surface area contributed by atoms with Gasteiger partial charge in [0, 0.05) is 25.2 Å². The first-order chi connectivity index (χ1) is 13.3. The Kier molecular flexibility index (Phi) is 4.70. The van der Waals surface area contributed by atoms with Crippen LogP contribution >= 0.6 is 0 Å². The highest BCUT2D eigenvalue weighted by Crippen LogP contribution is 2.45. The Labute approximate surface area is 167 Å². The fraction of sp³-hybridized carbons (Fsp3) is 0.458. The van der Waals surface area contributed by atoms with E-state index in [2.05, 4.69) is 49.9 Å². The first-order valence-electron chi connectivity index (χ1n) is 10.1. The van der Waals surface area contributed by atoms with Crippen molar-refractivity contribution in [3.8, 4) is 5.75 Å². The molecule has 0 N–H and O–H groups in total. The molecule has 0 amide bonds. The van der Waals surface area contributed by atoms with Gasteiger partial charge in [0.2, 0.25) is 5.78 Å². The molecule has 0 radical (unpaired) electrons. The molecule has 4 rings (SSSR count). The van der Waals surface area contributed by atoms with Gasteiger partial charge in [-0.1, -0.05) is 30.3 Å². The van der Waals surface area contributed by atoms with Crippen molar-refractivity contribution >= 4 is 11.5 Å². The van der Waals surface area contributed by atoms with Crippen LogP contribution in [0.5, 0.6) is 5.75 Å².